The molecule has 1 aromatic rings. The molecule has 5 heteroatoms. The topological polar surface area (TPSA) is 75.4 Å². The summed E-state index contributed by atoms with van der Waals surface area (Å²) in [5, 5.41) is 3.27. The molecule has 0 atom stereocenters. The number of nitrogens with two attached hydrogens (primary N) is 1. The summed E-state index contributed by atoms with van der Waals surface area (Å²) in [6.07, 6.45) is 0.987. The molecule has 0 aromatic heterocycles. The third-order valence-electron chi connectivity index (χ3n) is 3.08. The van der Waals surface area contributed by atoms with Gasteiger partial charge < -0.3 is 16.0 Å². The first-order valence-corrected chi connectivity index (χ1v) is 5.94. The molecule has 1 aromatic carbocycles. The van der Waals surface area contributed by atoms with E-state index in [0.717, 1.165) is 25.1 Å². The van der Waals surface area contributed by atoms with Crippen LogP contribution in [0.5, 0.6) is 0 Å². The van der Waals surface area contributed by atoms with Crippen molar-refractivity contribution in [2.75, 3.05) is 20.1 Å². The number of nitrogens with one attached hydrogen (secondary N) is 1. The highest BCUT2D eigenvalue weighted by atomic mass is 16.2. The smallest absolute Gasteiger partial charge is 0.254 e. The van der Waals surface area contributed by atoms with Gasteiger partial charge in [-0.3, -0.25) is 9.59 Å². The van der Waals surface area contributed by atoms with E-state index >= 15 is 0 Å². The van der Waals surface area contributed by atoms with Crippen molar-refractivity contribution >= 4 is 11.8 Å². The maximum Gasteiger partial charge on any atom is 0.254 e. The number of hydrogen-bond acceptors (Lipinski definition) is 3. The van der Waals surface area contributed by atoms with Crippen LogP contribution in [-0.2, 0) is 17.8 Å². The fourth-order valence-corrected chi connectivity index (χ4v) is 2.14. The van der Waals surface area contributed by atoms with Crippen molar-refractivity contribution in [3.8, 4) is 0 Å². The molecule has 1 aliphatic heterocycles. The maximum atomic E-state index is 12.1. The first-order valence-electron chi connectivity index (χ1n) is 5.94. The van der Waals surface area contributed by atoms with E-state index in [4.69, 9.17) is 5.73 Å². The fraction of sp³-hybridized carbons (Fsp3) is 0.385. The van der Waals surface area contributed by atoms with E-state index in [1.54, 1.807) is 7.05 Å². The average molecular weight is 247 g/mol. The Labute approximate surface area is 106 Å². The number of hydrogen-bond donors (Lipinski definition) is 2. The zero-order valence-electron chi connectivity index (χ0n) is 10.4. The van der Waals surface area contributed by atoms with Crippen molar-refractivity contribution in [3.05, 3.63) is 34.9 Å². The Bertz CT molecular complexity index is 485. The van der Waals surface area contributed by atoms with Crippen LogP contribution in [0.3, 0.4) is 0 Å². The Morgan fingerprint density at radius 2 is 2.17 bits per heavy atom. The van der Waals surface area contributed by atoms with Gasteiger partial charge in [0.15, 0.2) is 0 Å². The van der Waals surface area contributed by atoms with Gasteiger partial charge in [-0.1, -0.05) is 6.07 Å². The number of nitrogens with zero attached hydrogens (tertiary/aromatic N) is 1. The van der Waals surface area contributed by atoms with E-state index in [0.29, 0.717) is 5.56 Å². The van der Waals surface area contributed by atoms with Gasteiger partial charge in [0.25, 0.3) is 5.91 Å². The van der Waals surface area contributed by atoms with E-state index in [2.05, 4.69) is 5.32 Å². The number of carbonyl (C=O) groups excluding carboxylic acids is 2. The quantitative estimate of drug-likeness (QED) is 0.782. The maximum absolute atomic E-state index is 12.1. The SMILES string of the molecule is CN(CC(N)=O)C(=O)c1ccc2c(c1)CNCC2. The second-order valence-electron chi connectivity index (χ2n) is 4.54. The van der Waals surface area contributed by atoms with Crippen molar-refractivity contribution < 1.29 is 9.59 Å². The number of fused-ring (bicyclic) bond motifs is 1. The summed E-state index contributed by atoms with van der Waals surface area (Å²) in [5.41, 5.74) is 8.11. The van der Waals surface area contributed by atoms with Gasteiger partial charge in [0.05, 0.1) is 6.54 Å². The predicted octanol–water partition coefficient (Wildman–Crippen LogP) is -0.110. The van der Waals surface area contributed by atoms with E-state index in [9.17, 15) is 9.59 Å². The number of amides is 2. The molecule has 0 saturated carbocycles. The predicted molar refractivity (Wildman–Crippen MR) is 68.0 cm³/mol. The summed E-state index contributed by atoms with van der Waals surface area (Å²) in [7, 11) is 1.57. The summed E-state index contributed by atoms with van der Waals surface area (Å²) in [4.78, 5) is 24.2. The lowest BCUT2D eigenvalue weighted by atomic mass is 9.98. The van der Waals surface area contributed by atoms with Gasteiger partial charge in [-0.25, -0.2) is 0 Å². The van der Waals surface area contributed by atoms with E-state index in [-0.39, 0.29) is 12.5 Å². The summed E-state index contributed by atoms with van der Waals surface area (Å²) in [6, 6.07) is 5.69. The molecule has 0 spiro atoms. The molecular formula is C13H17N3O2. The Balaban J connectivity index is 2.18. The molecule has 1 heterocycles. The molecule has 3 N–H and O–H groups in total. The van der Waals surface area contributed by atoms with Gasteiger partial charge in [0.1, 0.15) is 0 Å². The molecule has 0 radical (unpaired) electrons. The number of benzene rings is 1. The van der Waals surface area contributed by atoms with E-state index < -0.39 is 5.91 Å². The normalized spacial score (nSPS) is 13.8. The van der Waals surface area contributed by atoms with Crippen LogP contribution in [0.25, 0.3) is 0 Å². The molecule has 0 unspecified atom stereocenters. The molecule has 96 valence electrons. The summed E-state index contributed by atoms with van der Waals surface area (Å²) in [6.45, 7) is 1.70. The van der Waals surface area contributed by atoms with E-state index in [1.807, 2.05) is 18.2 Å². The van der Waals surface area contributed by atoms with Gasteiger partial charge in [-0.15, -0.1) is 0 Å². The zero-order valence-corrected chi connectivity index (χ0v) is 10.4. The van der Waals surface area contributed by atoms with Gasteiger partial charge in [-0.2, -0.15) is 0 Å². The molecule has 18 heavy (non-hydrogen) atoms. The molecule has 0 bridgehead atoms. The highest BCUT2D eigenvalue weighted by Gasteiger charge is 2.16. The minimum absolute atomic E-state index is 0.0613. The Kier molecular flexibility index (Phi) is 3.62. The molecule has 1 aliphatic rings. The Morgan fingerprint density at radius 3 is 2.89 bits per heavy atom. The lowest BCUT2D eigenvalue weighted by Gasteiger charge is -2.19. The molecule has 2 rings (SSSR count). The molecule has 0 saturated heterocycles. The van der Waals surface area contributed by atoms with Crippen molar-refractivity contribution in [1.29, 1.82) is 0 Å². The lowest BCUT2D eigenvalue weighted by molar-refractivity contribution is -0.118. The third kappa shape index (κ3) is 2.68. The lowest BCUT2D eigenvalue weighted by Crippen LogP contribution is -2.35. The van der Waals surface area contributed by atoms with Crippen molar-refractivity contribution in [2.45, 2.75) is 13.0 Å². The van der Waals surface area contributed by atoms with Crippen LogP contribution in [0.4, 0.5) is 0 Å². The van der Waals surface area contributed by atoms with Crippen molar-refractivity contribution in [2.24, 2.45) is 5.73 Å². The van der Waals surface area contributed by atoms with Crippen LogP contribution < -0.4 is 11.1 Å². The largest absolute Gasteiger partial charge is 0.368 e. The Hall–Kier alpha value is -1.88. The second kappa shape index (κ2) is 5.18. The fourth-order valence-electron chi connectivity index (χ4n) is 2.14. The average Bonchev–Trinajstić information content (AvgIpc) is 2.36. The zero-order chi connectivity index (χ0) is 13.1. The summed E-state index contributed by atoms with van der Waals surface area (Å²) >= 11 is 0. The number of carbonyl (C=O) groups is 2. The van der Waals surface area contributed by atoms with Crippen LogP contribution in [0.2, 0.25) is 0 Å². The van der Waals surface area contributed by atoms with Gasteiger partial charge in [0.2, 0.25) is 5.91 Å². The van der Waals surface area contributed by atoms with Crippen molar-refractivity contribution in [1.82, 2.24) is 10.2 Å². The highest BCUT2D eigenvalue weighted by molar-refractivity contribution is 5.96. The molecule has 5 nitrogen and oxygen atoms in total. The van der Waals surface area contributed by atoms with E-state index in [1.165, 1.54) is 10.5 Å². The number of rotatable bonds is 3. The Morgan fingerprint density at radius 1 is 1.39 bits per heavy atom. The van der Waals surface area contributed by atoms with Crippen molar-refractivity contribution in [3.63, 3.8) is 0 Å². The first kappa shape index (κ1) is 12.6. The second-order valence-corrected chi connectivity index (χ2v) is 4.54. The molecule has 0 fully saturated rings. The standard InChI is InChI=1S/C13H17N3O2/c1-16(8-12(14)17)13(18)10-3-2-9-4-5-15-7-11(9)6-10/h2-3,6,15H,4-5,7-8H2,1H3,(H2,14,17). The molecule has 0 aliphatic carbocycles. The van der Waals surface area contributed by atoms with Crippen LogP contribution in [0.1, 0.15) is 21.5 Å². The first-order chi connectivity index (χ1) is 8.58. The monoisotopic (exact) mass is 247 g/mol. The minimum atomic E-state index is -0.509. The molecular weight excluding hydrogens is 230 g/mol. The summed E-state index contributed by atoms with van der Waals surface area (Å²) < 4.78 is 0. The minimum Gasteiger partial charge on any atom is -0.368 e. The molecule has 2 amide bonds. The van der Waals surface area contributed by atoms with Gasteiger partial charge in [-0.05, 0) is 36.2 Å². The van der Waals surface area contributed by atoms with Crippen LogP contribution >= 0.6 is 0 Å². The third-order valence-corrected chi connectivity index (χ3v) is 3.08. The summed E-state index contributed by atoms with van der Waals surface area (Å²) in [5.74, 6) is -0.687. The van der Waals surface area contributed by atoms with Gasteiger partial charge >= 0.3 is 0 Å². The number of likely N-dealkylation sites (N-methyl/N-ethyl adjacent to an activating group) is 1. The number of primary amides is 1. The van der Waals surface area contributed by atoms with Crippen LogP contribution in [0.15, 0.2) is 18.2 Å². The van der Waals surface area contributed by atoms with Gasteiger partial charge in [0, 0.05) is 19.2 Å². The van der Waals surface area contributed by atoms with Crippen LogP contribution in [-0.4, -0.2) is 36.9 Å². The highest BCUT2D eigenvalue weighted by Crippen LogP contribution is 2.16. The van der Waals surface area contributed by atoms with Crippen LogP contribution in [0, 0.1) is 0 Å².